The first-order valence-corrected chi connectivity index (χ1v) is 7.99. The molecule has 22 heavy (non-hydrogen) atoms. The second-order valence-corrected chi connectivity index (χ2v) is 6.44. The number of benzene rings is 2. The van der Waals surface area contributed by atoms with Crippen LogP contribution in [0.5, 0.6) is 0 Å². The maximum Gasteiger partial charge on any atom is 0.254 e. The molecule has 4 heteroatoms. The molecular weight excluding hydrogens is 296 g/mol. The molecule has 1 amide bonds. The molecule has 0 aliphatic carbocycles. The maximum absolute atomic E-state index is 13.0. The molecule has 0 unspecified atom stereocenters. The number of carbonyl (C=O) groups is 1. The van der Waals surface area contributed by atoms with Crippen LogP contribution in [0.1, 0.15) is 16.8 Å². The van der Waals surface area contributed by atoms with Crippen molar-refractivity contribution in [3.05, 3.63) is 59.1 Å². The molecule has 4 rings (SSSR count). The Morgan fingerprint density at radius 3 is 2.59 bits per heavy atom. The number of hydrogen-bond donors (Lipinski definition) is 1. The summed E-state index contributed by atoms with van der Waals surface area (Å²) in [7, 11) is 0. The van der Waals surface area contributed by atoms with Gasteiger partial charge in [-0.25, -0.2) is 0 Å². The Bertz CT molecular complexity index is 713. The highest BCUT2D eigenvalue weighted by Crippen LogP contribution is 2.30. The Morgan fingerprint density at radius 1 is 1.14 bits per heavy atom. The minimum absolute atomic E-state index is 0.138. The summed E-state index contributed by atoms with van der Waals surface area (Å²) in [5.74, 6) is 0.138. The van der Waals surface area contributed by atoms with Gasteiger partial charge in [-0.1, -0.05) is 41.9 Å². The summed E-state index contributed by atoms with van der Waals surface area (Å²) in [6.07, 6.45) is 1.08. The van der Waals surface area contributed by atoms with E-state index in [0.717, 1.165) is 36.2 Å². The summed E-state index contributed by atoms with van der Waals surface area (Å²) in [6.45, 7) is 1.73. The zero-order valence-electron chi connectivity index (χ0n) is 12.1. The van der Waals surface area contributed by atoms with Crippen LogP contribution in [-0.2, 0) is 0 Å². The van der Waals surface area contributed by atoms with E-state index in [1.54, 1.807) is 0 Å². The van der Waals surface area contributed by atoms with E-state index in [1.165, 1.54) is 0 Å². The molecule has 0 radical (unpaired) electrons. The fourth-order valence-electron chi connectivity index (χ4n) is 3.52. The van der Waals surface area contributed by atoms with Crippen LogP contribution in [0.25, 0.3) is 11.1 Å². The van der Waals surface area contributed by atoms with Gasteiger partial charge in [-0.15, -0.1) is 0 Å². The minimum atomic E-state index is 0.138. The van der Waals surface area contributed by atoms with Gasteiger partial charge in [0.05, 0.1) is 0 Å². The molecule has 1 N–H and O–H groups in total. The average molecular weight is 313 g/mol. The molecule has 2 saturated heterocycles. The number of carbonyl (C=O) groups excluding carboxylic acids is 1. The van der Waals surface area contributed by atoms with Crippen molar-refractivity contribution >= 4 is 17.5 Å². The molecule has 2 atom stereocenters. The molecule has 112 valence electrons. The van der Waals surface area contributed by atoms with Crippen molar-refractivity contribution in [2.45, 2.75) is 18.5 Å². The molecule has 2 aliphatic heterocycles. The smallest absolute Gasteiger partial charge is 0.254 e. The first-order chi connectivity index (χ1) is 10.7. The summed E-state index contributed by atoms with van der Waals surface area (Å²) >= 11 is 5.97. The molecule has 2 fully saturated rings. The van der Waals surface area contributed by atoms with E-state index >= 15 is 0 Å². The molecule has 3 nitrogen and oxygen atoms in total. The molecule has 2 aliphatic rings. The molecule has 2 aromatic carbocycles. The third-order valence-electron chi connectivity index (χ3n) is 4.63. The van der Waals surface area contributed by atoms with Crippen LogP contribution in [0.2, 0.25) is 5.02 Å². The first-order valence-electron chi connectivity index (χ1n) is 7.62. The predicted molar refractivity (Wildman–Crippen MR) is 88.1 cm³/mol. The summed E-state index contributed by atoms with van der Waals surface area (Å²) in [4.78, 5) is 15.0. The molecule has 2 heterocycles. The summed E-state index contributed by atoms with van der Waals surface area (Å²) in [6, 6.07) is 16.3. The Balaban J connectivity index is 1.70. The van der Waals surface area contributed by atoms with Crippen molar-refractivity contribution in [2.75, 3.05) is 13.1 Å². The molecule has 2 bridgehead atoms. The fraction of sp³-hybridized carbons (Fsp3) is 0.278. The van der Waals surface area contributed by atoms with Crippen LogP contribution >= 0.6 is 11.6 Å². The van der Waals surface area contributed by atoms with E-state index in [9.17, 15) is 4.79 Å². The zero-order valence-corrected chi connectivity index (χ0v) is 12.9. The summed E-state index contributed by atoms with van der Waals surface area (Å²) in [5.41, 5.74) is 2.77. The second-order valence-electron chi connectivity index (χ2n) is 6.00. The van der Waals surface area contributed by atoms with Gasteiger partial charge in [-0.2, -0.15) is 0 Å². The third-order valence-corrected chi connectivity index (χ3v) is 4.88. The molecule has 0 saturated carbocycles. The monoisotopic (exact) mass is 312 g/mol. The quantitative estimate of drug-likeness (QED) is 0.923. The SMILES string of the molecule is O=C(c1ccccc1-c1ccc(Cl)cc1)N1C[C@@H]2C[C@H]1CN2. The molecule has 2 aromatic rings. The summed E-state index contributed by atoms with van der Waals surface area (Å²) < 4.78 is 0. The molecule has 0 aromatic heterocycles. The second kappa shape index (κ2) is 5.41. The van der Waals surface area contributed by atoms with Crippen molar-refractivity contribution in [3.8, 4) is 11.1 Å². The van der Waals surface area contributed by atoms with E-state index in [4.69, 9.17) is 11.6 Å². The molecule has 0 spiro atoms. The largest absolute Gasteiger partial charge is 0.333 e. The maximum atomic E-state index is 13.0. The van der Waals surface area contributed by atoms with Crippen LogP contribution in [0, 0.1) is 0 Å². The van der Waals surface area contributed by atoms with Crippen LogP contribution in [0.15, 0.2) is 48.5 Å². The van der Waals surface area contributed by atoms with Crippen LogP contribution < -0.4 is 5.32 Å². The van der Waals surface area contributed by atoms with Gasteiger partial charge in [0.2, 0.25) is 0 Å². The standard InChI is InChI=1S/C18H17ClN2O/c19-13-7-5-12(6-8-13)16-3-1-2-4-17(16)18(22)21-11-14-9-15(21)10-20-14/h1-8,14-15,20H,9-11H2/t14-,15-/m0/s1. The van der Waals surface area contributed by atoms with Gasteiger partial charge in [0.25, 0.3) is 5.91 Å². The Morgan fingerprint density at radius 2 is 1.91 bits per heavy atom. The normalized spacial score (nSPS) is 23.0. The van der Waals surface area contributed by atoms with Crippen LogP contribution in [-0.4, -0.2) is 36.0 Å². The van der Waals surface area contributed by atoms with Gasteiger partial charge in [0, 0.05) is 35.8 Å². The Hall–Kier alpha value is -1.84. The van der Waals surface area contributed by atoms with E-state index in [-0.39, 0.29) is 5.91 Å². The number of amides is 1. The lowest BCUT2D eigenvalue weighted by Gasteiger charge is -2.28. The van der Waals surface area contributed by atoms with E-state index in [0.29, 0.717) is 17.1 Å². The van der Waals surface area contributed by atoms with E-state index in [1.807, 2.05) is 53.4 Å². The van der Waals surface area contributed by atoms with Crippen LogP contribution in [0.4, 0.5) is 0 Å². The highest BCUT2D eigenvalue weighted by molar-refractivity contribution is 6.30. The fourth-order valence-corrected chi connectivity index (χ4v) is 3.64. The number of hydrogen-bond acceptors (Lipinski definition) is 2. The van der Waals surface area contributed by atoms with Crippen molar-refractivity contribution in [3.63, 3.8) is 0 Å². The van der Waals surface area contributed by atoms with Crippen molar-refractivity contribution in [1.82, 2.24) is 10.2 Å². The number of fused-ring (bicyclic) bond motifs is 2. The van der Waals surface area contributed by atoms with Gasteiger partial charge < -0.3 is 10.2 Å². The summed E-state index contributed by atoms with van der Waals surface area (Å²) in [5, 5.41) is 4.14. The molecular formula is C18H17ClN2O. The highest BCUT2D eigenvalue weighted by Gasteiger charge is 2.40. The third kappa shape index (κ3) is 2.31. The van der Waals surface area contributed by atoms with Gasteiger partial charge >= 0.3 is 0 Å². The highest BCUT2D eigenvalue weighted by atomic mass is 35.5. The Kier molecular flexibility index (Phi) is 3.40. The van der Waals surface area contributed by atoms with Crippen LogP contribution in [0.3, 0.4) is 0 Å². The topological polar surface area (TPSA) is 32.3 Å². The van der Waals surface area contributed by atoms with Crippen molar-refractivity contribution in [2.24, 2.45) is 0 Å². The average Bonchev–Trinajstić information content (AvgIpc) is 3.18. The number of nitrogens with one attached hydrogen (secondary N) is 1. The van der Waals surface area contributed by atoms with Crippen molar-refractivity contribution < 1.29 is 4.79 Å². The van der Waals surface area contributed by atoms with Gasteiger partial charge in [0.15, 0.2) is 0 Å². The lowest BCUT2D eigenvalue weighted by Crippen LogP contribution is -2.46. The van der Waals surface area contributed by atoms with Crippen molar-refractivity contribution in [1.29, 1.82) is 0 Å². The van der Waals surface area contributed by atoms with Gasteiger partial charge in [-0.05, 0) is 35.7 Å². The predicted octanol–water partition coefficient (Wildman–Crippen LogP) is 3.19. The van der Waals surface area contributed by atoms with E-state index in [2.05, 4.69) is 5.32 Å². The lowest BCUT2D eigenvalue weighted by molar-refractivity contribution is 0.0717. The minimum Gasteiger partial charge on any atom is -0.333 e. The van der Waals surface area contributed by atoms with E-state index < -0.39 is 0 Å². The zero-order chi connectivity index (χ0) is 15.1. The number of rotatable bonds is 2. The number of halogens is 1. The number of likely N-dealkylation sites (tertiary alicyclic amines) is 1. The van der Waals surface area contributed by atoms with Gasteiger partial charge in [-0.3, -0.25) is 4.79 Å². The Labute approximate surface area is 134 Å². The lowest BCUT2D eigenvalue weighted by atomic mass is 9.98. The number of nitrogens with zero attached hydrogens (tertiary/aromatic N) is 1. The van der Waals surface area contributed by atoms with Gasteiger partial charge in [0.1, 0.15) is 0 Å². The first kappa shape index (κ1) is 13.8. The number of piperazine rings is 1.